The van der Waals surface area contributed by atoms with Crippen molar-refractivity contribution in [2.24, 2.45) is 5.41 Å². The average molecular weight is 384 g/mol. The maximum absolute atomic E-state index is 12.8. The zero-order valence-electron chi connectivity index (χ0n) is 16.6. The molecule has 0 aromatic heterocycles. The molecule has 0 radical (unpaired) electrons. The summed E-state index contributed by atoms with van der Waals surface area (Å²) in [6, 6.07) is 2.30. The van der Waals surface area contributed by atoms with Crippen molar-refractivity contribution in [3.8, 4) is 6.07 Å². The number of nitriles is 1. The van der Waals surface area contributed by atoms with Crippen LogP contribution in [0.2, 0.25) is 0 Å². The van der Waals surface area contributed by atoms with Gasteiger partial charge in [-0.1, -0.05) is 0 Å². The Bertz CT molecular complexity index is 750. The standard InChI is InChI=1S/C21H28N4O3/c1-3-28-19(27)25-12-4-6-17(7-13-25)24-14-10-21(16-22,11-15-24)18(26)23-20(2)8-5-9-20/h4,6-7,12-13H,3,5,8-11,14-15H2,1-2H3,(H,23,26). The number of amides is 2. The number of likely N-dealkylation sites (tertiary alicyclic amines) is 1. The van der Waals surface area contributed by atoms with Gasteiger partial charge in [0.2, 0.25) is 5.91 Å². The summed E-state index contributed by atoms with van der Waals surface area (Å²) in [5.74, 6) is -0.129. The number of allylic oxidation sites excluding steroid dienone is 3. The molecule has 0 bridgehead atoms. The SMILES string of the molecule is CCOC(=O)N1C=CC=C(N2CCC(C#N)(C(=O)NC3(C)CCC3)CC2)C=C1. The van der Waals surface area contributed by atoms with E-state index in [1.807, 2.05) is 12.2 Å². The van der Waals surface area contributed by atoms with Gasteiger partial charge in [0.25, 0.3) is 0 Å². The number of hydrogen-bond donors (Lipinski definition) is 1. The van der Waals surface area contributed by atoms with E-state index >= 15 is 0 Å². The first-order chi connectivity index (χ1) is 13.4. The van der Waals surface area contributed by atoms with E-state index in [4.69, 9.17) is 4.74 Å². The topological polar surface area (TPSA) is 85.7 Å². The Morgan fingerprint density at radius 2 is 1.96 bits per heavy atom. The van der Waals surface area contributed by atoms with Crippen molar-refractivity contribution < 1.29 is 14.3 Å². The number of rotatable bonds is 4. The Hall–Kier alpha value is -2.75. The number of carbonyl (C=O) groups is 2. The van der Waals surface area contributed by atoms with Crippen LogP contribution in [-0.2, 0) is 9.53 Å². The van der Waals surface area contributed by atoms with Crippen LogP contribution in [0.4, 0.5) is 4.79 Å². The predicted octanol–water partition coefficient (Wildman–Crippen LogP) is 3.03. The third kappa shape index (κ3) is 4.06. The lowest BCUT2D eigenvalue weighted by atomic mass is 9.74. The van der Waals surface area contributed by atoms with E-state index in [0.717, 1.165) is 25.0 Å². The van der Waals surface area contributed by atoms with E-state index in [9.17, 15) is 14.9 Å². The summed E-state index contributed by atoms with van der Waals surface area (Å²) in [5.41, 5.74) is -0.163. The molecular formula is C21H28N4O3. The fourth-order valence-corrected chi connectivity index (χ4v) is 3.79. The lowest BCUT2D eigenvalue weighted by molar-refractivity contribution is -0.133. The third-order valence-electron chi connectivity index (χ3n) is 5.90. The second kappa shape index (κ2) is 8.09. The first-order valence-electron chi connectivity index (χ1n) is 9.92. The average Bonchev–Trinajstić information content (AvgIpc) is 2.93. The molecule has 7 nitrogen and oxygen atoms in total. The fraction of sp³-hybridized carbons (Fsp3) is 0.571. The highest BCUT2D eigenvalue weighted by Gasteiger charge is 2.45. The fourth-order valence-electron chi connectivity index (χ4n) is 3.79. The monoisotopic (exact) mass is 384 g/mol. The van der Waals surface area contributed by atoms with Crippen LogP contribution in [0.1, 0.15) is 46.0 Å². The molecule has 1 aliphatic carbocycles. The quantitative estimate of drug-likeness (QED) is 0.805. The van der Waals surface area contributed by atoms with Crippen LogP contribution in [-0.4, -0.2) is 47.0 Å². The summed E-state index contributed by atoms with van der Waals surface area (Å²) >= 11 is 0. The van der Waals surface area contributed by atoms with Gasteiger partial charge in [-0.2, -0.15) is 5.26 Å². The Morgan fingerprint density at radius 1 is 1.25 bits per heavy atom. The Morgan fingerprint density at radius 3 is 2.54 bits per heavy atom. The summed E-state index contributed by atoms with van der Waals surface area (Å²) in [6.45, 7) is 5.36. The van der Waals surface area contributed by atoms with Gasteiger partial charge in [-0.25, -0.2) is 4.79 Å². The van der Waals surface area contributed by atoms with E-state index in [1.165, 1.54) is 4.90 Å². The zero-order chi connectivity index (χ0) is 20.2. The summed E-state index contributed by atoms with van der Waals surface area (Å²) in [6.07, 6.45) is 12.5. The van der Waals surface area contributed by atoms with E-state index < -0.39 is 11.5 Å². The molecule has 1 saturated heterocycles. The number of ether oxygens (including phenoxy) is 1. The Kier molecular flexibility index (Phi) is 5.78. The minimum atomic E-state index is -0.961. The van der Waals surface area contributed by atoms with Gasteiger partial charge in [-0.05, 0) is 64.2 Å². The van der Waals surface area contributed by atoms with Gasteiger partial charge in [-0.15, -0.1) is 0 Å². The van der Waals surface area contributed by atoms with Gasteiger partial charge in [0.1, 0.15) is 5.41 Å². The smallest absolute Gasteiger partial charge is 0.417 e. The highest BCUT2D eigenvalue weighted by Crippen LogP contribution is 2.36. The molecule has 3 aliphatic rings. The molecule has 1 N–H and O–H groups in total. The predicted molar refractivity (Wildman–Crippen MR) is 104 cm³/mol. The molecule has 1 saturated carbocycles. The van der Waals surface area contributed by atoms with E-state index in [1.54, 1.807) is 25.4 Å². The van der Waals surface area contributed by atoms with Crippen molar-refractivity contribution in [3.63, 3.8) is 0 Å². The van der Waals surface area contributed by atoms with Crippen LogP contribution >= 0.6 is 0 Å². The minimum absolute atomic E-state index is 0.129. The Labute approximate surface area is 166 Å². The van der Waals surface area contributed by atoms with Crippen LogP contribution in [0.5, 0.6) is 0 Å². The second-order valence-electron chi connectivity index (χ2n) is 7.90. The number of piperidine rings is 1. The molecule has 0 aromatic carbocycles. The van der Waals surface area contributed by atoms with Crippen molar-refractivity contribution in [3.05, 3.63) is 36.3 Å². The van der Waals surface area contributed by atoms with Gasteiger partial charge < -0.3 is 15.0 Å². The van der Waals surface area contributed by atoms with Gasteiger partial charge >= 0.3 is 6.09 Å². The molecule has 2 aliphatic heterocycles. The van der Waals surface area contributed by atoms with E-state index in [0.29, 0.717) is 32.5 Å². The zero-order valence-corrected chi connectivity index (χ0v) is 16.6. The van der Waals surface area contributed by atoms with Crippen molar-refractivity contribution >= 4 is 12.0 Å². The van der Waals surface area contributed by atoms with Crippen molar-refractivity contribution in [1.29, 1.82) is 5.26 Å². The first kappa shape index (κ1) is 20.0. The number of nitrogens with zero attached hydrogens (tertiary/aromatic N) is 3. The maximum atomic E-state index is 12.8. The summed E-state index contributed by atoms with van der Waals surface area (Å²) in [5, 5.41) is 12.9. The largest absolute Gasteiger partial charge is 0.449 e. The molecule has 3 rings (SSSR count). The number of carbonyl (C=O) groups excluding carboxylic acids is 2. The molecule has 0 spiro atoms. The highest BCUT2D eigenvalue weighted by molar-refractivity contribution is 5.86. The molecule has 2 heterocycles. The maximum Gasteiger partial charge on any atom is 0.417 e. The summed E-state index contributed by atoms with van der Waals surface area (Å²) in [4.78, 5) is 28.2. The molecule has 0 atom stereocenters. The molecule has 28 heavy (non-hydrogen) atoms. The van der Waals surface area contributed by atoms with Gasteiger partial charge in [0.15, 0.2) is 0 Å². The minimum Gasteiger partial charge on any atom is -0.449 e. The number of hydrogen-bond acceptors (Lipinski definition) is 5. The molecule has 2 fully saturated rings. The third-order valence-corrected chi connectivity index (χ3v) is 5.90. The molecule has 0 aromatic rings. The van der Waals surface area contributed by atoms with Gasteiger partial charge in [0.05, 0.1) is 12.7 Å². The van der Waals surface area contributed by atoms with Gasteiger partial charge in [0, 0.05) is 36.7 Å². The normalized spacial score (nSPS) is 22.4. The van der Waals surface area contributed by atoms with Crippen molar-refractivity contribution in [1.82, 2.24) is 15.1 Å². The Balaban J connectivity index is 1.61. The van der Waals surface area contributed by atoms with E-state index in [2.05, 4.69) is 23.2 Å². The molecule has 2 amide bonds. The second-order valence-corrected chi connectivity index (χ2v) is 7.90. The van der Waals surface area contributed by atoms with Crippen LogP contribution in [0, 0.1) is 16.7 Å². The molecule has 0 unspecified atom stereocenters. The van der Waals surface area contributed by atoms with Crippen LogP contribution in [0.3, 0.4) is 0 Å². The van der Waals surface area contributed by atoms with E-state index in [-0.39, 0.29) is 11.4 Å². The first-order valence-corrected chi connectivity index (χ1v) is 9.92. The van der Waals surface area contributed by atoms with Crippen LogP contribution in [0.25, 0.3) is 0 Å². The molecule has 7 heteroatoms. The van der Waals surface area contributed by atoms with Crippen LogP contribution in [0.15, 0.2) is 36.3 Å². The summed E-state index contributed by atoms with van der Waals surface area (Å²) < 4.78 is 5.01. The van der Waals surface area contributed by atoms with Crippen LogP contribution < -0.4 is 5.32 Å². The molecule has 150 valence electrons. The van der Waals surface area contributed by atoms with Gasteiger partial charge in [-0.3, -0.25) is 9.69 Å². The highest BCUT2D eigenvalue weighted by atomic mass is 16.5. The lowest BCUT2D eigenvalue weighted by Gasteiger charge is -2.43. The lowest BCUT2D eigenvalue weighted by Crippen LogP contribution is -2.57. The van der Waals surface area contributed by atoms with Crippen molar-refractivity contribution in [2.75, 3.05) is 19.7 Å². The van der Waals surface area contributed by atoms with Crippen molar-refractivity contribution in [2.45, 2.75) is 51.5 Å². The number of nitrogens with one attached hydrogen (secondary N) is 1. The summed E-state index contributed by atoms with van der Waals surface area (Å²) in [7, 11) is 0. The molecular weight excluding hydrogens is 356 g/mol.